The van der Waals surface area contributed by atoms with E-state index in [0.29, 0.717) is 17.0 Å². The maximum absolute atomic E-state index is 14.5. The van der Waals surface area contributed by atoms with Gasteiger partial charge < -0.3 is 4.74 Å². The van der Waals surface area contributed by atoms with Crippen molar-refractivity contribution in [2.24, 2.45) is 4.99 Å². The lowest BCUT2D eigenvalue weighted by molar-refractivity contribution is -0.384. The number of carbonyl (C=O) groups excluding carboxylic acids is 1. The highest BCUT2D eigenvalue weighted by molar-refractivity contribution is 6.33. The Labute approximate surface area is 176 Å². The van der Waals surface area contributed by atoms with Crippen LogP contribution in [0, 0.1) is 15.9 Å². The van der Waals surface area contributed by atoms with E-state index < -0.39 is 16.6 Å². The molecule has 0 unspecified atom stereocenters. The Morgan fingerprint density at radius 2 is 1.71 bits per heavy atom. The second-order valence-electron chi connectivity index (χ2n) is 6.63. The summed E-state index contributed by atoms with van der Waals surface area (Å²) in [5.74, 6) is -0.186. The predicted molar refractivity (Wildman–Crippen MR) is 114 cm³/mol. The van der Waals surface area contributed by atoms with Crippen LogP contribution in [0.5, 0.6) is 5.75 Å². The van der Waals surface area contributed by atoms with Crippen LogP contribution in [0.4, 0.5) is 15.8 Å². The van der Waals surface area contributed by atoms with Gasteiger partial charge >= 0.3 is 0 Å². The minimum atomic E-state index is -0.510. The molecule has 1 amide bonds. The topological polar surface area (TPSA) is 85.0 Å². The minimum absolute atomic E-state index is 0.0599. The summed E-state index contributed by atoms with van der Waals surface area (Å²) in [6, 6.07) is 18.5. The number of benzene rings is 3. The van der Waals surface area contributed by atoms with Crippen LogP contribution in [0.2, 0.25) is 0 Å². The average molecular weight is 417 g/mol. The molecule has 0 radical (unpaired) electrons. The zero-order chi connectivity index (χ0) is 22.0. The first-order chi connectivity index (χ1) is 15.0. The summed E-state index contributed by atoms with van der Waals surface area (Å²) in [5.41, 5.74) is 1.26. The number of nitro benzene ring substituents is 1. The Balaban J connectivity index is 1.79. The molecule has 0 aromatic heterocycles. The standard InChI is InChI=1S/C23H16FN3O4/c1-31-18-12-10-16(11-13-18)26-22(19-4-2-3-5-20(19)24)25-21(23(26)28)14-15-6-8-17(9-7-15)27(29)30/h2-14H,1H3/b21-14+. The molecule has 0 bridgehead atoms. The van der Waals surface area contributed by atoms with Gasteiger partial charge in [-0.3, -0.25) is 19.8 Å². The van der Waals surface area contributed by atoms with E-state index >= 15 is 0 Å². The number of nitrogens with zero attached hydrogens (tertiary/aromatic N) is 3. The molecule has 1 aliphatic rings. The van der Waals surface area contributed by atoms with Crippen molar-refractivity contribution in [2.75, 3.05) is 12.0 Å². The fourth-order valence-corrected chi connectivity index (χ4v) is 3.16. The Hall–Kier alpha value is -4.33. The number of methoxy groups -OCH3 is 1. The first-order valence-electron chi connectivity index (χ1n) is 9.26. The minimum Gasteiger partial charge on any atom is -0.497 e. The third-order valence-electron chi connectivity index (χ3n) is 4.71. The molecule has 3 aromatic carbocycles. The number of carbonyl (C=O) groups is 1. The fraction of sp³-hybridized carbons (Fsp3) is 0.0435. The third-order valence-corrected chi connectivity index (χ3v) is 4.71. The number of non-ortho nitro benzene ring substituents is 1. The molecule has 0 spiro atoms. The van der Waals surface area contributed by atoms with Crippen LogP contribution in [0.3, 0.4) is 0 Å². The van der Waals surface area contributed by atoms with Crippen molar-refractivity contribution in [3.63, 3.8) is 0 Å². The number of aliphatic imine (C=N–C) groups is 1. The molecule has 0 aliphatic carbocycles. The van der Waals surface area contributed by atoms with Crippen LogP contribution in [-0.2, 0) is 4.79 Å². The molecule has 154 valence electrons. The number of nitro groups is 1. The zero-order valence-corrected chi connectivity index (χ0v) is 16.4. The van der Waals surface area contributed by atoms with E-state index in [1.54, 1.807) is 42.5 Å². The van der Waals surface area contributed by atoms with Crippen LogP contribution < -0.4 is 9.64 Å². The van der Waals surface area contributed by atoms with Crippen molar-refractivity contribution >= 4 is 29.2 Å². The van der Waals surface area contributed by atoms with Gasteiger partial charge in [0.25, 0.3) is 11.6 Å². The van der Waals surface area contributed by atoms with E-state index in [0.717, 1.165) is 0 Å². The summed E-state index contributed by atoms with van der Waals surface area (Å²) < 4.78 is 19.7. The fourth-order valence-electron chi connectivity index (χ4n) is 3.16. The summed E-state index contributed by atoms with van der Waals surface area (Å²) in [7, 11) is 1.54. The van der Waals surface area contributed by atoms with Crippen molar-refractivity contribution in [3.05, 3.63) is 106 Å². The smallest absolute Gasteiger partial charge is 0.282 e. The summed E-state index contributed by atoms with van der Waals surface area (Å²) in [4.78, 5) is 29.3. The summed E-state index contributed by atoms with van der Waals surface area (Å²) in [6.07, 6.45) is 1.51. The van der Waals surface area contributed by atoms with Gasteiger partial charge in [-0.05, 0) is 60.2 Å². The number of ether oxygens (including phenoxy) is 1. The molecule has 0 fully saturated rings. The number of rotatable bonds is 5. The first kappa shape index (κ1) is 20.0. The highest BCUT2D eigenvalue weighted by Gasteiger charge is 2.33. The Kier molecular flexibility index (Phi) is 5.28. The number of amides is 1. The number of hydrogen-bond acceptors (Lipinski definition) is 5. The van der Waals surface area contributed by atoms with E-state index in [1.165, 1.54) is 48.4 Å². The van der Waals surface area contributed by atoms with Crippen molar-refractivity contribution in [1.82, 2.24) is 0 Å². The Morgan fingerprint density at radius 3 is 2.32 bits per heavy atom. The van der Waals surface area contributed by atoms with Crippen molar-refractivity contribution < 1.29 is 18.8 Å². The predicted octanol–water partition coefficient (Wildman–Crippen LogP) is 4.58. The van der Waals surface area contributed by atoms with E-state index in [-0.39, 0.29) is 22.8 Å². The van der Waals surface area contributed by atoms with Gasteiger partial charge in [-0.1, -0.05) is 12.1 Å². The lowest BCUT2D eigenvalue weighted by Crippen LogP contribution is -2.33. The highest BCUT2D eigenvalue weighted by atomic mass is 19.1. The lowest BCUT2D eigenvalue weighted by atomic mass is 10.1. The summed E-state index contributed by atoms with van der Waals surface area (Å²) in [6.45, 7) is 0. The molecular formula is C23H16FN3O4. The number of hydrogen-bond donors (Lipinski definition) is 0. The number of anilines is 1. The van der Waals surface area contributed by atoms with Crippen LogP contribution in [0.15, 0.2) is 83.5 Å². The lowest BCUT2D eigenvalue weighted by Gasteiger charge is -2.19. The van der Waals surface area contributed by atoms with E-state index in [1.807, 2.05) is 0 Å². The second kappa shape index (κ2) is 8.19. The Bertz CT molecular complexity index is 1220. The molecule has 4 rings (SSSR count). The van der Waals surface area contributed by atoms with E-state index in [4.69, 9.17) is 4.74 Å². The molecule has 1 aliphatic heterocycles. The number of amidine groups is 1. The molecule has 31 heavy (non-hydrogen) atoms. The zero-order valence-electron chi connectivity index (χ0n) is 16.4. The number of halogens is 1. The van der Waals surface area contributed by atoms with E-state index in [9.17, 15) is 19.3 Å². The molecule has 0 N–H and O–H groups in total. The molecule has 8 heteroatoms. The van der Waals surface area contributed by atoms with Crippen LogP contribution >= 0.6 is 0 Å². The SMILES string of the molecule is COc1ccc(N2C(=O)/C(=C\c3ccc([N+](=O)[O-])cc3)N=C2c2ccccc2F)cc1. The van der Waals surface area contributed by atoms with Gasteiger partial charge in [0, 0.05) is 12.1 Å². The molecular weight excluding hydrogens is 401 g/mol. The largest absolute Gasteiger partial charge is 0.497 e. The van der Waals surface area contributed by atoms with E-state index in [2.05, 4.69) is 4.99 Å². The summed E-state index contributed by atoms with van der Waals surface area (Å²) in [5, 5.41) is 10.8. The third kappa shape index (κ3) is 3.91. The highest BCUT2D eigenvalue weighted by Crippen LogP contribution is 2.30. The quantitative estimate of drug-likeness (QED) is 0.346. The van der Waals surface area contributed by atoms with Gasteiger partial charge in [-0.2, -0.15) is 0 Å². The Morgan fingerprint density at radius 1 is 1.03 bits per heavy atom. The molecule has 3 aromatic rings. The molecule has 0 saturated heterocycles. The van der Waals surface area contributed by atoms with Crippen molar-refractivity contribution in [3.8, 4) is 5.75 Å². The van der Waals surface area contributed by atoms with Gasteiger partial charge in [0.15, 0.2) is 5.84 Å². The molecule has 0 atom stereocenters. The monoisotopic (exact) mass is 417 g/mol. The maximum Gasteiger partial charge on any atom is 0.282 e. The summed E-state index contributed by atoms with van der Waals surface area (Å²) >= 11 is 0. The molecule has 7 nitrogen and oxygen atoms in total. The average Bonchev–Trinajstić information content (AvgIpc) is 3.10. The van der Waals surface area contributed by atoms with Crippen molar-refractivity contribution in [1.29, 1.82) is 0 Å². The van der Waals surface area contributed by atoms with Gasteiger partial charge in [-0.25, -0.2) is 9.38 Å². The van der Waals surface area contributed by atoms with Crippen molar-refractivity contribution in [2.45, 2.75) is 0 Å². The van der Waals surface area contributed by atoms with Gasteiger partial charge in [0.05, 0.1) is 23.3 Å². The van der Waals surface area contributed by atoms with Gasteiger partial charge in [0.2, 0.25) is 0 Å². The van der Waals surface area contributed by atoms with Crippen LogP contribution in [-0.4, -0.2) is 23.8 Å². The second-order valence-corrected chi connectivity index (χ2v) is 6.63. The van der Waals surface area contributed by atoms with Gasteiger partial charge in [-0.15, -0.1) is 0 Å². The van der Waals surface area contributed by atoms with Crippen LogP contribution in [0.25, 0.3) is 6.08 Å². The maximum atomic E-state index is 14.5. The van der Waals surface area contributed by atoms with Crippen LogP contribution in [0.1, 0.15) is 11.1 Å². The first-order valence-corrected chi connectivity index (χ1v) is 9.26. The molecule has 1 heterocycles. The molecule has 0 saturated carbocycles. The normalized spacial score (nSPS) is 14.6. The van der Waals surface area contributed by atoms with Gasteiger partial charge in [0.1, 0.15) is 17.3 Å².